The summed E-state index contributed by atoms with van der Waals surface area (Å²) in [4.78, 5) is 0. The van der Waals surface area contributed by atoms with E-state index in [0.717, 1.165) is 33.2 Å². The molecule has 0 aliphatic carbocycles. The summed E-state index contributed by atoms with van der Waals surface area (Å²) in [5.41, 5.74) is 5.18. The second-order valence-electron chi connectivity index (χ2n) is 12.8. The van der Waals surface area contributed by atoms with Gasteiger partial charge in [-0.1, -0.05) is 111 Å². The fourth-order valence-electron chi connectivity index (χ4n) is 4.62. The van der Waals surface area contributed by atoms with Gasteiger partial charge in [-0.3, -0.25) is 0 Å². The minimum Gasteiger partial charge on any atom is -0.399 e. The van der Waals surface area contributed by atoms with Crippen LogP contribution in [0.2, 0.25) is 0 Å². The summed E-state index contributed by atoms with van der Waals surface area (Å²) in [7, 11) is -0.655. The molecule has 0 amide bonds. The maximum atomic E-state index is 6.09. The molecule has 0 atom stereocenters. The molecular formula is C37H48B2O4. The molecule has 2 aromatic carbocycles. The first-order chi connectivity index (χ1) is 20.1. The van der Waals surface area contributed by atoms with Crippen LogP contribution in [-0.2, 0) is 18.6 Å². The molecule has 2 fully saturated rings. The standard InChI is InChI=1S/C19H25BO2.C18H23BO2/c1-7-9-15(10-8-2)16-11-13-17(14-12-16)20-21-18(3,4)19(5,6)22-20;1-7-10-14(8-2)15-11-9-12-16(13-15)19-20-17(3,4)18(5,6)21-19/h7-14H,1H2,2-6H3;7-13H,1-2H2,3-6H3/b10-8-,15-9+;14-10+. The van der Waals surface area contributed by atoms with Gasteiger partial charge in [-0.15, -0.1) is 0 Å². The summed E-state index contributed by atoms with van der Waals surface area (Å²) in [5.74, 6) is 0. The number of benzene rings is 2. The molecule has 2 aliphatic heterocycles. The van der Waals surface area contributed by atoms with E-state index < -0.39 is 0 Å². The molecule has 0 aromatic heterocycles. The predicted octanol–water partition coefficient (Wildman–Crippen LogP) is 7.87. The molecule has 0 N–H and O–H groups in total. The van der Waals surface area contributed by atoms with Gasteiger partial charge in [0.15, 0.2) is 0 Å². The topological polar surface area (TPSA) is 36.9 Å². The maximum absolute atomic E-state index is 6.09. The second-order valence-corrected chi connectivity index (χ2v) is 12.8. The molecule has 2 aromatic rings. The van der Waals surface area contributed by atoms with Gasteiger partial charge in [-0.25, -0.2) is 0 Å². The fraction of sp³-hybridized carbons (Fsp3) is 0.351. The summed E-state index contributed by atoms with van der Waals surface area (Å²) >= 11 is 0. The molecule has 226 valence electrons. The average molecular weight is 578 g/mol. The van der Waals surface area contributed by atoms with Crippen LogP contribution in [0.4, 0.5) is 0 Å². The minimum absolute atomic E-state index is 0.310. The van der Waals surface area contributed by atoms with Gasteiger partial charge in [0, 0.05) is 0 Å². The van der Waals surface area contributed by atoms with Crippen molar-refractivity contribution >= 4 is 36.3 Å². The van der Waals surface area contributed by atoms with Crippen molar-refractivity contribution in [2.24, 2.45) is 0 Å². The minimum atomic E-state index is -0.343. The summed E-state index contributed by atoms with van der Waals surface area (Å²) in [6.07, 6.45) is 13.4. The zero-order valence-electron chi connectivity index (χ0n) is 27.6. The van der Waals surface area contributed by atoms with Crippen molar-refractivity contribution in [2.45, 2.75) is 84.7 Å². The molecule has 2 aliphatic rings. The first-order valence-corrected chi connectivity index (χ1v) is 14.9. The van der Waals surface area contributed by atoms with E-state index in [1.165, 1.54) is 0 Å². The Hall–Kier alpha value is -3.15. The molecule has 4 nitrogen and oxygen atoms in total. The van der Waals surface area contributed by atoms with Crippen LogP contribution in [0.5, 0.6) is 0 Å². The lowest BCUT2D eigenvalue weighted by Crippen LogP contribution is -2.41. The highest BCUT2D eigenvalue weighted by Gasteiger charge is 2.52. The summed E-state index contributed by atoms with van der Waals surface area (Å²) < 4.78 is 24.3. The van der Waals surface area contributed by atoms with E-state index in [2.05, 4.69) is 112 Å². The SMILES string of the molecule is C=C/C=C(\C=C)c1cccc(B2OC(C)(C)C(C)(C)O2)c1.C=C/C=C(\C=C/C)c1ccc(B2OC(C)(C)C(C)(C)O2)cc1. The van der Waals surface area contributed by atoms with E-state index in [1.54, 1.807) is 12.2 Å². The van der Waals surface area contributed by atoms with Crippen LogP contribution < -0.4 is 10.9 Å². The third-order valence-electron chi connectivity index (χ3n) is 8.68. The highest BCUT2D eigenvalue weighted by molar-refractivity contribution is 6.62. The van der Waals surface area contributed by atoms with E-state index in [4.69, 9.17) is 18.6 Å². The van der Waals surface area contributed by atoms with Crippen LogP contribution in [0.15, 0.2) is 111 Å². The van der Waals surface area contributed by atoms with Crippen LogP contribution in [0, 0.1) is 0 Å². The number of allylic oxidation sites excluding steroid dienone is 9. The lowest BCUT2D eigenvalue weighted by molar-refractivity contribution is 0.00578. The fourth-order valence-corrected chi connectivity index (χ4v) is 4.62. The van der Waals surface area contributed by atoms with Crippen LogP contribution in [-0.4, -0.2) is 36.6 Å². The smallest absolute Gasteiger partial charge is 0.399 e. The van der Waals surface area contributed by atoms with Gasteiger partial charge in [0.1, 0.15) is 0 Å². The van der Waals surface area contributed by atoms with Crippen molar-refractivity contribution in [3.05, 3.63) is 122 Å². The van der Waals surface area contributed by atoms with E-state index in [1.807, 2.05) is 49.4 Å². The molecule has 2 heterocycles. The van der Waals surface area contributed by atoms with Crippen molar-refractivity contribution in [3.8, 4) is 0 Å². The zero-order chi connectivity index (χ0) is 32.1. The molecule has 0 spiro atoms. The highest BCUT2D eigenvalue weighted by Crippen LogP contribution is 2.37. The van der Waals surface area contributed by atoms with Gasteiger partial charge < -0.3 is 18.6 Å². The van der Waals surface area contributed by atoms with E-state index in [0.29, 0.717) is 0 Å². The van der Waals surface area contributed by atoms with Gasteiger partial charge in [-0.05, 0) is 95.5 Å². The molecule has 2 saturated heterocycles. The van der Waals surface area contributed by atoms with Gasteiger partial charge in [0.05, 0.1) is 22.4 Å². The molecule has 0 radical (unpaired) electrons. The third kappa shape index (κ3) is 7.87. The summed E-state index contributed by atoms with van der Waals surface area (Å²) in [5, 5.41) is 0. The Morgan fingerprint density at radius 1 is 0.605 bits per heavy atom. The van der Waals surface area contributed by atoms with Crippen molar-refractivity contribution in [1.29, 1.82) is 0 Å². The first-order valence-electron chi connectivity index (χ1n) is 14.9. The Morgan fingerprint density at radius 2 is 1.07 bits per heavy atom. The molecular weight excluding hydrogens is 530 g/mol. The Morgan fingerprint density at radius 3 is 1.51 bits per heavy atom. The summed E-state index contributed by atoms with van der Waals surface area (Å²) in [6.45, 7) is 29.9. The van der Waals surface area contributed by atoms with Gasteiger partial charge in [0.2, 0.25) is 0 Å². The quantitative estimate of drug-likeness (QED) is 0.236. The van der Waals surface area contributed by atoms with Gasteiger partial charge >= 0.3 is 14.2 Å². The normalized spacial score (nSPS) is 20.5. The monoisotopic (exact) mass is 578 g/mol. The Bertz CT molecular complexity index is 1360. The highest BCUT2D eigenvalue weighted by atomic mass is 16.7. The van der Waals surface area contributed by atoms with Crippen LogP contribution in [0.1, 0.15) is 73.4 Å². The second kappa shape index (κ2) is 13.7. The largest absolute Gasteiger partial charge is 0.494 e. The van der Waals surface area contributed by atoms with Crippen molar-refractivity contribution in [1.82, 2.24) is 0 Å². The Labute approximate surface area is 261 Å². The molecule has 0 saturated carbocycles. The van der Waals surface area contributed by atoms with Gasteiger partial charge in [-0.2, -0.15) is 0 Å². The zero-order valence-corrected chi connectivity index (χ0v) is 27.6. The maximum Gasteiger partial charge on any atom is 0.494 e. The van der Waals surface area contributed by atoms with E-state index in [-0.39, 0.29) is 36.6 Å². The lowest BCUT2D eigenvalue weighted by atomic mass is 9.78. The lowest BCUT2D eigenvalue weighted by Gasteiger charge is -2.32. The number of hydrogen-bond donors (Lipinski definition) is 0. The van der Waals surface area contributed by atoms with Crippen LogP contribution in [0.25, 0.3) is 11.1 Å². The van der Waals surface area contributed by atoms with E-state index >= 15 is 0 Å². The van der Waals surface area contributed by atoms with Gasteiger partial charge in [0.25, 0.3) is 0 Å². The van der Waals surface area contributed by atoms with Crippen molar-refractivity contribution < 1.29 is 18.6 Å². The van der Waals surface area contributed by atoms with Crippen molar-refractivity contribution in [3.63, 3.8) is 0 Å². The van der Waals surface area contributed by atoms with Crippen molar-refractivity contribution in [2.75, 3.05) is 0 Å². The van der Waals surface area contributed by atoms with Crippen LogP contribution >= 0.6 is 0 Å². The van der Waals surface area contributed by atoms with Crippen LogP contribution in [0.3, 0.4) is 0 Å². The molecule has 0 unspecified atom stereocenters. The Balaban J connectivity index is 0.000000236. The number of rotatable bonds is 8. The molecule has 0 bridgehead atoms. The summed E-state index contributed by atoms with van der Waals surface area (Å²) in [6, 6.07) is 16.5. The van der Waals surface area contributed by atoms with E-state index in [9.17, 15) is 0 Å². The molecule has 6 heteroatoms. The predicted molar refractivity (Wildman–Crippen MR) is 186 cm³/mol. The third-order valence-corrected chi connectivity index (χ3v) is 8.68. The average Bonchev–Trinajstić information content (AvgIpc) is 3.31. The molecule has 43 heavy (non-hydrogen) atoms. The Kier molecular flexibility index (Phi) is 10.9. The number of hydrogen-bond acceptors (Lipinski definition) is 4. The molecule has 4 rings (SSSR count). The first kappa shape index (κ1) is 34.3.